The molecule has 4 aromatic rings. The summed E-state index contributed by atoms with van der Waals surface area (Å²) < 4.78 is 2.65. The Kier molecular flexibility index (Phi) is 5.17. The van der Waals surface area contributed by atoms with E-state index in [2.05, 4.69) is 10.3 Å². The van der Waals surface area contributed by atoms with Crippen molar-refractivity contribution in [3.05, 3.63) is 88.6 Å². The van der Waals surface area contributed by atoms with Crippen LogP contribution in [0, 0.1) is 0 Å². The molecule has 3 aromatic heterocycles. The second-order valence-electron chi connectivity index (χ2n) is 9.12. The van der Waals surface area contributed by atoms with Gasteiger partial charge >= 0.3 is 0 Å². The lowest BCUT2D eigenvalue weighted by Crippen LogP contribution is -2.41. The van der Waals surface area contributed by atoms with Crippen molar-refractivity contribution in [2.45, 2.75) is 38.3 Å². The van der Waals surface area contributed by atoms with Gasteiger partial charge in [0.2, 0.25) is 11.6 Å². The smallest absolute Gasteiger partial charge is 0.264 e. The summed E-state index contributed by atoms with van der Waals surface area (Å²) in [4.78, 5) is 30.2. The molecule has 0 saturated heterocycles. The summed E-state index contributed by atoms with van der Waals surface area (Å²) in [6, 6.07) is 14.5. The van der Waals surface area contributed by atoms with Gasteiger partial charge in [0, 0.05) is 34.9 Å². The summed E-state index contributed by atoms with van der Waals surface area (Å²) in [5.41, 5.74) is 1.55. The Bertz CT molecular complexity index is 1480. The summed E-state index contributed by atoms with van der Waals surface area (Å²) in [5, 5.41) is 23.9. The van der Waals surface area contributed by atoms with Gasteiger partial charge in [-0.25, -0.2) is 4.98 Å². The number of fused-ring (bicyclic) bond motifs is 1. The minimum absolute atomic E-state index is 0.0699. The quantitative estimate of drug-likeness (QED) is 0.315. The van der Waals surface area contributed by atoms with Gasteiger partial charge in [0.05, 0.1) is 10.9 Å². The first kappa shape index (κ1) is 21.8. The van der Waals surface area contributed by atoms with Crippen LogP contribution in [0.1, 0.15) is 42.7 Å². The Balaban J connectivity index is 1.63. The van der Waals surface area contributed by atoms with Crippen molar-refractivity contribution >= 4 is 16.9 Å². The SMILES string of the molecule is CC(C)(O)c1ccc(-c2cccc(-n3cc(C(=O)NC4CC4)c(=O)c4cccnc43)c2)c[n+]1O. The van der Waals surface area contributed by atoms with E-state index in [4.69, 9.17) is 0 Å². The Morgan fingerprint density at radius 3 is 2.65 bits per heavy atom. The van der Waals surface area contributed by atoms with E-state index >= 15 is 0 Å². The second-order valence-corrected chi connectivity index (χ2v) is 9.12. The molecule has 0 atom stereocenters. The monoisotopic (exact) mass is 457 g/mol. The summed E-state index contributed by atoms with van der Waals surface area (Å²) in [7, 11) is 0. The molecule has 1 saturated carbocycles. The lowest BCUT2D eigenvalue weighted by atomic mass is 10.0. The number of aliphatic hydroxyl groups is 1. The number of aromatic nitrogens is 3. The molecule has 1 amide bonds. The third-order valence-electron chi connectivity index (χ3n) is 5.93. The number of nitrogens with zero attached hydrogens (tertiary/aromatic N) is 3. The number of hydrogen-bond donors (Lipinski definition) is 3. The molecule has 1 fully saturated rings. The van der Waals surface area contributed by atoms with Gasteiger partial charge < -0.3 is 15.0 Å². The molecule has 1 aliphatic carbocycles. The van der Waals surface area contributed by atoms with Gasteiger partial charge in [-0.3, -0.25) is 14.8 Å². The van der Waals surface area contributed by atoms with E-state index in [0.717, 1.165) is 28.7 Å². The second kappa shape index (κ2) is 8.07. The Hall–Kier alpha value is -4.04. The van der Waals surface area contributed by atoms with Crippen molar-refractivity contribution in [1.82, 2.24) is 14.9 Å². The molecule has 0 spiro atoms. The average Bonchev–Trinajstić information content (AvgIpc) is 3.62. The first-order valence-corrected chi connectivity index (χ1v) is 11.1. The molecule has 1 aliphatic rings. The number of rotatable bonds is 5. The van der Waals surface area contributed by atoms with Crippen molar-refractivity contribution in [3.63, 3.8) is 0 Å². The van der Waals surface area contributed by atoms with Gasteiger partial charge in [0.15, 0.2) is 0 Å². The highest BCUT2D eigenvalue weighted by atomic mass is 16.5. The maximum atomic E-state index is 13.0. The molecule has 8 heteroatoms. The van der Waals surface area contributed by atoms with Crippen molar-refractivity contribution in [2.24, 2.45) is 0 Å². The predicted molar refractivity (Wildman–Crippen MR) is 126 cm³/mol. The fourth-order valence-electron chi connectivity index (χ4n) is 3.99. The lowest BCUT2D eigenvalue weighted by Gasteiger charge is -2.14. The first-order valence-electron chi connectivity index (χ1n) is 11.1. The van der Waals surface area contributed by atoms with Gasteiger partial charge in [-0.05, 0) is 62.6 Å². The zero-order valence-electron chi connectivity index (χ0n) is 18.9. The molecule has 0 aliphatic heterocycles. The van der Waals surface area contributed by atoms with Crippen molar-refractivity contribution in [1.29, 1.82) is 0 Å². The van der Waals surface area contributed by atoms with Gasteiger partial charge in [0.1, 0.15) is 16.8 Å². The number of pyridine rings is 3. The van der Waals surface area contributed by atoms with Crippen LogP contribution in [0.15, 0.2) is 71.9 Å². The Labute approximate surface area is 195 Å². The number of carbonyl (C=O) groups excluding carboxylic acids is 1. The topological polar surface area (TPSA) is 108 Å². The van der Waals surface area contributed by atoms with E-state index in [1.807, 2.05) is 30.3 Å². The fourth-order valence-corrected chi connectivity index (χ4v) is 3.99. The van der Waals surface area contributed by atoms with Gasteiger partial charge in [-0.1, -0.05) is 12.1 Å². The third-order valence-corrected chi connectivity index (χ3v) is 5.93. The molecule has 0 bridgehead atoms. The van der Waals surface area contributed by atoms with Crippen LogP contribution in [0.3, 0.4) is 0 Å². The van der Waals surface area contributed by atoms with Crippen LogP contribution in [0.25, 0.3) is 27.8 Å². The number of nitrogens with one attached hydrogen (secondary N) is 1. The highest BCUT2D eigenvalue weighted by Gasteiger charge is 2.29. The highest BCUT2D eigenvalue weighted by molar-refractivity contribution is 5.97. The molecular weight excluding hydrogens is 432 g/mol. The third kappa shape index (κ3) is 4.04. The molecule has 0 radical (unpaired) electrons. The van der Waals surface area contributed by atoms with Crippen LogP contribution in [-0.4, -0.2) is 31.8 Å². The van der Waals surface area contributed by atoms with Crippen LogP contribution in [0.2, 0.25) is 0 Å². The number of carbonyl (C=O) groups is 1. The van der Waals surface area contributed by atoms with Gasteiger partial charge in [-0.2, -0.15) is 0 Å². The van der Waals surface area contributed by atoms with Gasteiger partial charge in [-0.15, -0.1) is 0 Å². The summed E-state index contributed by atoms with van der Waals surface area (Å²) in [6.07, 6.45) is 6.53. The van der Waals surface area contributed by atoms with E-state index in [-0.39, 0.29) is 22.9 Å². The minimum atomic E-state index is -1.20. The fraction of sp³-hybridized carbons (Fsp3) is 0.231. The summed E-state index contributed by atoms with van der Waals surface area (Å²) >= 11 is 0. The summed E-state index contributed by atoms with van der Waals surface area (Å²) in [6.45, 7) is 3.20. The molecule has 5 rings (SSSR count). The molecule has 0 unspecified atom stereocenters. The van der Waals surface area contributed by atoms with E-state index in [1.165, 1.54) is 12.4 Å². The number of amides is 1. The maximum Gasteiger partial charge on any atom is 0.264 e. The zero-order chi connectivity index (χ0) is 24.0. The Morgan fingerprint density at radius 1 is 1.15 bits per heavy atom. The van der Waals surface area contributed by atoms with E-state index in [1.54, 1.807) is 42.8 Å². The average molecular weight is 458 g/mol. The molecule has 34 heavy (non-hydrogen) atoms. The molecule has 172 valence electrons. The predicted octanol–water partition coefficient (Wildman–Crippen LogP) is 2.70. The Morgan fingerprint density at radius 2 is 1.94 bits per heavy atom. The largest absolute Gasteiger partial charge is 0.379 e. The van der Waals surface area contributed by atoms with Crippen molar-refractivity contribution in [3.8, 4) is 16.8 Å². The number of hydrogen-bond acceptors (Lipinski definition) is 5. The van der Waals surface area contributed by atoms with E-state index in [0.29, 0.717) is 22.4 Å². The highest BCUT2D eigenvalue weighted by Crippen LogP contribution is 2.25. The van der Waals surface area contributed by atoms with Crippen molar-refractivity contribution in [2.75, 3.05) is 0 Å². The molecule has 8 nitrogen and oxygen atoms in total. The van der Waals surface area contributed by atoms with Crippen LogP contribution in [0.4, 0.5) is 0 Å². The normalized spacial score (nSPS) is 13.7. The minimum Gasteiger partial charge on any atom is -0.379 e. The van der Waals surface area contributed by atoms with E-state index in [9.17, 15) is 19.9 Å². The molecule has 1 aromatic carbocycles. The number of benzene rings is 1. The van der Waals surface area contributed by atoms with Gasteiger partial charge in [0.25, 0.3) is 11.6 Å². The van der Waals surface area contributed by atoms with Crippen LogP contribution >= 0.6 is 0 Å². The maximum absolute atomic E-state index is 13.0. The van der Waals surface area contributed by atoms with E-state index < -0.39 is 5.60 Å². The van der Waals surface area contributed by atoms with Crippen LogP contribution in [0.5, 0.6) is 0 Å². The first-order chi connectivity index (χ1) is 16.2. The molecule has 3 N–H and O–H groups in total. The lowest BCUT2D eigenvalue weighted by molar-refractivity contribution is -0.912. The van der Waals surface area contributed by atoms with Crippen molar-refractivity contribution < 1.29 is 19.8 Å². The van der Waals surface area contributed by atoms with Crippen LogP contribution < -0.4 is 15.5 Å². The molecular formula is C26H25N4O4+. The standard InChI is InChI=1S/C26H24N4O4/c1-26(2,33)22-11-8-17(14-30(22)34)16-5-3-6-19(13-16)29-15-21(25(32)28-18-9-10-18)23(31)20-7-4-12-27-24(20)29/h3-8,11-15,18,33H,9-10H2,1-2H3,(H-,28,32,34)/p+1. The zero-order valence-corrected chi connectivity index (χ0v) is 18.9. The van der Waals surface area contributed by atoms with Crippen LogP contribution in [-0.2, 0) is 5.60 Å². The summed E-state index contributed by atoms with van der Waals surface area (Å²) in [5.74, 6) is -0.383. The molecule has 3 heterocycles.